The topological polar surface area (TPSA) is 66.8 Å². The SMILES string of the molecule is O=C(O)Cc1cccc(CCOc2cccc3c2CN(c2ccc(C(F)(F)F)cc2)C3=O)c1. The number of carbonyl (C=O) groups excluding carboxylic acids is 1. The molecule has 3 aromatic carbocycles. The van der Waals surface area contributed by atoms with Gasteiger partial charge in [0.1, 0.15) is 5.75 Å². The molecule has 4 rings (SSSR count). The lowest BCUT2D eigenvalue weighted by Crippen LogP contribution is -2.23. The number of rotatable bonds is 7. The number of amides is 1. The third-order valence-corrected chi connectivity index (χ3v) is 5.43. The fraction of sp³-hybridized carbons (Fsp3) is 0.200. The van der Waals surface area contributed by atoms with Gasteiger partial charge < -0.3 is 14.7 Å². The lowest BCUT2D eigenvalue weighted by Gasteiger charge is -2.17. The molecule has 0 bridgehead atoms. The van der Waals surface area contributed by atoms with E-state index < -0.39 is 17.7 Å². The van der Waals surface area contributed by atoms with Crippen molar-refractivity contribution in [3.63, 3.8) is 0 Å². The fourth-order valence-corrected chi connectivity index (χ4v) is 3.83. The van der Waals surface area contributed by atoms with Gasteiger partial charge in [-0.3, -0.25) is 9.59 Å². The molecule has 1 N–H and O–H groups in total. The summed E-state index contributed by atoms with van der Waals surface area (Å²) in [5.41, 5.74) is 2.39. The Hall–Kier alpha value is -3.81. The summed E-state index contributed by atoms with van der Waals surface area (Å²) in [6.45, 7) is 0.519. The van der Waals surface area contributed by atoms with Crippen LogP contribution in [-0.4, -0.2) is 23.6 Å². The van der Waals surface area contributed by atoms with Gasteiger partial charge in [0, 0.05) is 23.2 Å². The van der Waals surface area contributed by atoms with Crippen LogP contribution >= 0.6 is 0 Å². The van der Waals surface area contributed by atoms with E-state index in [0.717, 1.165) is 17.7 Å². The van der Waals surface area contributed by atoms with Crippen molar-refractivity contribution in [1.82, 2.24) is 0 Å². The fourth-order valence-electron chi connectivity index (χ4n) is 3.83. The molecule has 0 spiro atoms. The number of ether oxygens (including phenoxy) is 1. The van der Waals surface area contributed by atoms with Crippen molar-refractivity contribution in [2.75, 3.05) is 11.5 Å². The molecule has 1 aliphatic heterocycles. The second-order valence-electron chi connectivity index (χ2n) is 7.71. The number of carbonyl (C=O) groups is 2. The molecule has 1 heterocycles. The van der Waals surface area contributed by atoms with Crippen molar-refractivity contribution in [2.45, 2.75) is 25.6 Å². The van der Waals surface area contributed by atoms with E-state index in [0.29, 0.717) is 41.2 Å². The largest absolute Gasteiger partial charge is 0.493 e. The van der Waals surface area contributed by atoms with E-state index in [4.69, 9.17) is 9.84 Å². The van der Waals surface area contributed by atoms with Crippen LogP contribution in [0, 0.1) is 0 Å². The minimum Gasteiger partial charge on any atom is -0.493 e. The molecule has 0 atom stereocenters. The predicted molar refractivity (Wildman–Crippen MR) is 115 cm³/mol. The van der Waals surface area contributed by atoms with Gasteiger partial charge >= 0.3 is 12.1 Å². The third kappa shape index (κ3) is 5.00. The quantitative estimate of drug-likeness (QED) is 0.538. The van der Waals surface area contributed by atoms with E-state index in [9.17, 15) is 22.8 Å². The average Bonchev–Trinajstić information content (AvgIpc) is 3.10. The first kappa shape index (κ1) is 22.4. The third-order valence-electron chi connectivity index (χ3n) is 5.43. The van der Waals surface area contributed by atoms with Crippen molar-refractivity contribution in [3.05, 3.63) is 94.5 Å². The molecule has 3 aromatic rings. The number of nitrogens with zero attached hydrogens (tertiary/aromatic N) is 1. The molecule has 170 valence electrons. The first-order valence-corrected chi connectivity index (χ1v) is 10.3. The minimum atomic E-state index is -4.44. The van der Waals surface area contributed by atoms with Crippen LogP contribution in [0.5, 0.6) is 5.75 Å². The van der Waals surface area contributed by atoms with Gasteiger partial charge in [-0.25, -0.2) is 0 Å². The second-order valence-corrected chi connectivity index (χ2v) is 7.71. The summed E-state index contributed by atoms with van der Waals surface area (Å²) in [7, 11) is 0. The van der Waals surface area contributed by atoms with Crippen LogP contribution < -0.4 is 9.64 Å². The highest BCUT2D eigenvalue weighted by molar-refractivity contribution is 6.10. The molecule has 0 fully saturated rings. The van der Waals surface area contributed by atoms with E-state index in [2.05, 4.69) is 0 Å². The number of carboxylic acids is 1. The Morgan fingerprint density at radius 3 is 2.39 bits per heavy atom. The van der Waals surface area contributed by atoms with Gasteiger partial charge in [0.25, 0.3) is 5.91 Å². The second kappa shape index (κ2) is 8.97. The zero-order valence-electron chi connectivity index (χ0n) is 17.4. The smallest absolute Gasteiger partial charge is 0.416 e. The molecule has 0 aromatic heterocycles. The number of carboxylic acid groups (broad SMARTS) is 1. The number of hydrogen-bond acceptors (Lipinski definition) is 3. The molecule has 0 saturated carbocycles. The van der Waals surface area contributed by atoms with Crippen LogP contribution in [0.15, 0.2) is 66.7 Å². The highest BCUT2D eigenvalue weighted by atomic mass is 19.4. The average molecular weight is 455 g/mol. The number of fused-ring (bicyclic) bond motifs is 1. The van der Waals surface area contributed by atoms with E-state index in [1.165, 1.54) is 17.0 Å². The van der Waals surface area contributed by atoms with Crippen molar-refractivity contribution in [2.24, 2.45) is 0 Å². The Bertz CT molecular complexity index is 1190. The van der Waals surface area contributed by atoms with Gasteiger partial charge in [-0.15, -0.1) is 0 Å². The van der Waals surface area contributed by atoms with Gasteiger partial charge in [-0.1, -0.05) is 30.3 Å². The van der Waals surface area contributed by atoms with Gasteiger partial charge in [-0.05, 0) is 47.5 Å². The van der Waals surface area contributed by atoms with E-state index >= 15 is 0 Å². The van der Waals surface area contributed by atoms with E-state index in [1.54, 1.807) is 30.3 Å². The number of alkyl halides is 3. The molecule has 0 radical (unpaired) electrons. The highest BCUT2D eigenvalue weighted by Gasteiger charge is 2.33. The molecule has 1 aliphatic rings. The molecule has 0 aliphatic carbocycles. The first-order valence-electron chi connectivity index (χ1n) is 10.3. The molecular weight excluding hydrogens is 435 g/mol. The van der Waals surface area contributed by atoms with Crippen LogP contribution in [0.25, 0.3) is 0 Å². The molecule has 8 heteroatoms. The first-order chi connectivity index (χ1) is 15.7. The lowest BCUT2D eigenvalue weighted by molar-refractivity contribution is -0.138. The minimum absolute atomic E-state index is 0.0528. The summed E-state index contributed by atoms with van der Waals surface area (Å²) >= 11 is 0. The highest BCUT2D eigenvalue weighted by Crippen LogP contribution is 2.36. The molecular formula is C25H20F3NO4. The van der Waals surface area contributed by atoms with E-state index in [1.807, 2.05) is 12.1 Å². The molecule has 33 heavy (non-hydrogen) atoms. The Morgan fingerprint density at radius 2 is 1.70 bits per heavy atom. The van der Waals surface area contributed by atoms with Crippen LogP contribution in [-0.2, 0) is 30.4 Å². The summed E-state index contributed by atoms with van der Waals surface area (Å²) in [4.78, 5) is 25.2. The number of anilines is 1. The Labute approximate surface area is 188 Å². The number of aliphatic carboxylic acids is 1. The van der Waals surface area contributed by atoms with Crippen LogP contribution in [0.2, 0.25) is 0 Å². The summed E-state index contributed by atoms with van der Waals surface area (Å²) < 4.78 is 44.4. The van der Waals surface area contributed by atoms with Crippen LogP contribution in [0.4, 0.5) is 18.9 Å². The molecule has 0 saturated heterocycles. The summed E-state index contributed by atoms with van der Waals surface area (Å²) in [5.74, 6) is -0.654. The van der Waals surface area contributed by atoms with Gasteiger partial charge in [-0.2, -0.15) is 13.2 Å². The maximum absolute atomic E-state index is 12.9. The standard InChI is InChI=1S/C25H20F3NO4/c26-25(27,28)18-7-9-19(10-8-18)29-15-21-20(24(29)32)5-2-6-22(21)33-12-11-16-3-1-4-17(13-16)14-23(30)31/h1-10,13H,11-12,14-15H2,(H,30,31). The maximum atomic E-state index is 12.9. The van der Waals surface area contributed by atoms with Gasteiger partial charge in [0.15, 0.2) is 0 Å². The maximum Gasteiger partial charge on any atom is 0.416 e. The zero-order valence-corrected chi connectivity index (χ0v) is 17.4. The van der Waals surface area contributed by atoms with Gasteiger partial charge in [0.05, 0.1) is 25.1 Å². The van der Waals surface area contributed by atoms with Crippen molar-refractivity contribution >= 4 is 17.6 Å². The van der Waals surface area contributed by atoms with Crippen LogP contribution in [0.3, 0.4) is 0 Å². The zero-order chi connectivity index (χ0) is 23.6. The number of hydrogen-bond donors (Lipinski definition) is 1. The number of benzene rings is 3. The van der Waals surface area contributed by atoms with Crippen molar-refractivity contribution in [3.8, 4) is 5.75 Å². The Morgan fingerprint density at radius 1 is 1.00 bits per heavy atom. The summed E-state index contributed by atoms with van der Waals surface area (Å²) in [6, 6.07) is 16.9. The van der Waals surface area contributed by atoms with Crippen LogP contribution in [0.1, 0.15) is 32.6 Å². The molecule has 5 nitrogen and oxygen atoms in total. The summed E-state index contributed by atoms with van der Waals surface area (Å²) in [5, 5.41) is 8.94. The number of halogens is 3. The monoisotopic (exact) mass is 455 g/mol. The van der Waals surface area contributed by atoms with Crippen molar-refractivity contribution < 1.29 is 32.6 Å². The Balaban J connectivity index is 1.45. The molecule has 1 amide bonds. The predicted octanol–water partition coefficient (Wildman–Crippen LogP) is 5.11. The summed E-state index contributed by atoms with van der Waals surface area (Å²) in [6.07, 6.45) is -3.94. The molecule has 0 unspecified atom stereocenters. The normalized spacial score (nSPS) is 13.2. The Kier molecular flexibility index (Phi) is 6.09. The van der Waals surface area contributed by atoms with Crippen molar-refractivity contribution in [1.29, 1.82) is 0 Å². The lowest BCUT2D eigenvalue weighted by atomic mass is 10.1. The van der Waals surface area contributed by atoms with E-state index in [-0.39, 0.29) is 18.9 Å². The van der Waals surface area contributed by atoms with Gasteiger partial charge in [0.2, 0.25) is 0 Å².